The van der Waals surface area contributed by atoms with Gasteiger partial charge in [0.05, 0.1) is 0 Å². The Hall–Kier alpha value is -0.580. The highest BCUT2D eigenvalue weighted by molar-refractivity contribution is 4.97. The summed E-state index contributed by atoms with van der Waals surface area (Å²) in [7, 11) is 0. The Morgan fingerprint density at radius 3 is 2.44 bits per heavy atom. The quantitative estimate of drug-likeness (QED) is 0.552. The van der Waals surface area contributed by atoms with Gasteiger partial charge >= 0.3 is 6.30 Å². The molecule has 0 aromatic carbocycles. The first-order valence-electron chi connectivity index (χ1n) is 5.12. The van der Waals surface area contributed by atoms with Gasteiger partial charge in [0.15, 0.2) is 11.9 Å². The first-order valence-corrected chi connectivity index (χ1v) is 5.12. The molecule has 0 unspecified atom stereocenters. The summed E-state index contributed by atoms with van der Waals surface area (Å²) >= 11 is 0. The zero-order valence-electron chi connectivity index (χ0n) is 9.10. The second kappa shape index (κ2) is 6.89. The van der Waals surface area contributed by atoms with E-state index >= 15 is 0 Å². The third-order valence-electron chi connectivity index (χ3n) is 2.25. The van der Waals surface area contributed by atoms with Crippen LogP contribution in [-0.2, 0) is 12.7 Å². The van der Waals surface area contributed by atoms with Gasteiger partial charge in [-0.3, -0.25) is 0 Å². The number of unbranched alkanes of at least 4 members (excludes halogenated alkanes) is 2. The molecular weight excluding hydrogens is 283 g/mol. The topological polar surface area (TPSA) is 3.88 Å². The number of nitrogens with zero attached hydrogens (tertiary/aromatic N) is 1. The second-order valence-electron chi connectivity index (χ2n) is 3.49. The van der Waals surface area contributed by atoms with Crippen molar-refractivity contribution >= 4 is 0 Å². The highest BCUT2D eigenvalue weighted by Gasteiger charge is 2.43. The van der Waals surface area contributed by atoms with Gasteiger partial charge in [-0.2, -0.15) is 0 Å². The van der Waals surface area contributed by atoms with E-state index < -0.39 is 6.30 Å². The SMILES string of the molecule is CCCCCc1cccc[n+]1C(F)(F)F.[Br-]. The van der Waals surface area contributed by atoms with Crippen molar-refractivity contribution in [3.8, 4) is 0 Å². The summed E-state index contributed by atoms with van der Waals surface area (Å²) in [6, 6.07) is 4.57. The van der Waals surface area contributed by atoms with Gasteiger partial charge in [-0.15, -0.1) is 17.7 Å². The molecule has 0 bridgehead atoms. The van der Waals surface area contributed by atoms with E-state index in [1.54, 1.807) is 6.07 Å². The lowest BCUT2D eigenvalue weighted by Gasteiger charge is -2.04. The second-order valence-corrected chi connectivity index (χ2v) is 3.49. The van der Waals surface area contributed by atoms with Crippen LogP contribution in [0.5, 0.6) is 0 Å². The van der Waals surface area contributed by atoms with Gasteiger partial charge in [0.25, 0.3) is 0 Å². The highest BCUT2D eigenvalue weighted by atomic mass is 79.9. The zero-order chi connectivity index (χ0) is 11.3. The molecule has 0 aliphatic heterocycles. The largest absolute Gasteiger partial charge is 1.00 e. The lowest BCUT2D eigenvalue weighted by molar-refractivity contribution is -0.859. The monoisotopic (exact) mass is 297 g/mol. The molecule has 0 saturated heterocycles. The van der Waals surface area contributed by atoms with Crippen molar-refractivity contribution in [3.05, 3.63) is 30.1 Å². The molecule has 16 heavy (non-hydrogen) atoms. The Morgan fingerprint density at radius 1 is 1.19 bits per heavy atom. The van der Waals surface area contributed by atoms with E-state index in [1.165, 1.54) is 12.1 Å². The fourth-order valence-corrected chi connectivity index (χ4v) is 1.49. The van der Waals surface area contributed by atoms with Gasteiger partial charge in [-0.05, 0) is 6.42 Å². The Balaban J connectivity index is 0.00000225. The summed E-state index contributed by atoms with van der Waals surface area (Å²) in [6.45, 7) is 2.03. The number of aromatic nitrogens is 1. The smallest absolute Gasteiger partial charge is 0.638 e. The standard InChI is InChI=1S/C11H15F3N.BrH/c1-2-3-4-7-10-8-5-6-9-15(10)11(12,13)14;/h5-6,8-9H,2-4,7H2,1H3;1H/q+1;/p-1. The van der Waals surface area contributed by atoms with Crippen LogP contribution >= 0.6 is 0 Å². The molecule has 0 atom stereocenters. The lowest BCUT2D eigenvalue weighted by Crippen LogP contribution is -3.00. The molecule has 1 heterocycles. The van der Waals surface area contributed by atoms with E-state index in [9.17, 15) is 13.2 Å². The molecule has 0 amide bonds. The maximum atomic E-state index is 12.5. The fourth-order valence-electron chi connectivity index (χ4n) is 1.49. The third kappa shape index (κ3) is 4.51. The zero-order valence-corrected chi connectivity index (χ0v) is 10.7. The molecule has 0 aliphatic rings. The van der Waals surface area contributed by atoms with Crippen molar-refractivity contribution in [3.63, 3.8) is 0 Å². The molecule has 0 radical (unpaired) electrons. The number of pyridine rings is 1. The number of hydrogen-bond acceptors (Lipinski definition) is 0. The Labute approximate surface area is 104 Å². The maximum absolute atomic E-state index is 12.5. The van der Waals surface area contributed by atoms with Gasteiger partial charge < -0.3 is 17.0 Å². The van der Waals surface area contributed by atoms with Crippen LogP contribution in [0.15, 0.2) is 24.4 Å². The van der Waals surface area contributed by atoms with E-state index in [0.29, 0.717) is 16.7 Å². The maximum Gasteiger partial charge on any atom is 0.638 e. The van der Waals surface area contributed by atoms with Crippen molar-refractivity contribution in [1.82, 2.24) is 0 Å². The normalized spacial score (nSPS) is 11.0. The molecule has 92 valence electrons. The molecule has 1 rings (SSSR count). The fraction of sp³-hybridized carbons (Fsp3) is 0.545. The summed E-state index contributed by atoms with van der Waals surface area (Å²) in [5, 5.41) is 0. The molecule has 1 aromatic heterocycles. The lowest BCUT2D eigenvalue weighted by atomic mass is 10.1. The van der Waals surface area contributed by atoms with E-state index in [4.69, 9.17) is 0 Å². The minimum atomic E-state index is -4.30. The highest BCUT2D eigenvalue weighted by Crippen LogP contribution is 2.15. The molecular formula is C11H15BrF3N. The van der Waals surface area contributed by atoms with Gasteiger partial charge in [0.1, 0.15) is 0 Å². The van der Waals surface area contributed by atoms with E-state index in [-0.39, 0.29) is 17.0 Å². The van der Waals surface area contributed by atoms with Crippen LogP contribution in [0.4, 0.5) is 13.2 Å². The molecule has 0 N–H and O–H groups in total. The summed E-state index contributed by atoms with van der Waals surface area (Å²) < 4.78 is 38.0. The number of aryl methyl sites for hydroxylation is 1. The predicted octanol–water partition coefficient (Wildman–Crippen LogP) is 0.187. The summed E-state index contributed by atoms with van der Waals surface area (Å²) in [5.41, 5.74) is 0.332. The van der Waals surface area contributed by atoms with Crippen LogP contribution in [0, 0.1) is 0 Å². The van der Waals surface area contributed by atoms with Crippen molar-refractivity contribution in [1.29, 1.82) is 0 Å². The average molecular weight is 298 g/mol. The number of alkyl halides is 3. The molecule has 1 aromatic rings. The van der Waals surface area contributed by atoms with Gasteiger partial charge in [0, 0.05) is 18.6 Å². The first-order chi connectivity index (χ1) is 7.05. The van der Waals surface area contributed by atoms with Crippen molar-refractivity contribution < 1.29 is 34.7 Å². The van der Waals surface area contributed by atoms with E-state index in [0.717, 1.165) is 25.5 Å². The first kappa shape index (κ1) is 15.4. The Kier molecular flexibility index (Phi) is 6.64. The van der Waals surface area contributed by atoms with E-state index in [1.807, 2.05) is 6.92 Å². The van der Waals surface area contributed by atoms with Crippen molar-refractivity contribution in [2.24, 2.45) is 0 Å². The molecule has 0 fully saturated rings. The van der Waals surface area contributed by atoms with Gasteiger partial charge in [-0.25, -0.2) is 0 Å². The van der Waals surface area contributed by atoms with E-state index in [2.05, 4.69) is 0 Å². The summed E-state index contributed by atoms with van der Waals surface area (Å²) in [4.78, 5) is 0. The predicted molar refractivity (Wildman–Crippen MR) is 51.2 cm³/mol. The molecule has 0 aliphatic carbocycles. The molecule has 0 spiro atoms. The van der Waals surface area contributed by atoms with Gasteiger partial charge in [0.2, 0.25) is 0 Å². The Bertz CT molecular complexity index is 312. The van der Waals surface area contributed by atoms with Crippen LogP contribution < -0.4 is 21.5 Å². The Morgan fingerprint density at radius 2 is 1.88 bits per heavy atom. The van der Waals surface area contributed by atoms with Crippen LogP contribution in [0.25, 0.3) is 0 Å². The minimum absolute atomic E-state index is 0. The van der Waals surface area contributed by atoms with Gasteiger partial charge in [-0.1, -0.05) is 25.8 Å². The summed E-state index contributed by atoms with van der Waals surface area (Å²) in [6.07, 6.45) is 0.0282. The third-order valence-corrected chi connectivity index (χ3v) is 2.25. The average Bonchev–Trinajstić information content (AvgIpc) is 2.17. The molecule has 0 saturated carbocycles. The van der Waals surface area contributed by atoms with Crippen LogP contribution in [0.1, 0.15) is 31.9 Å². The number of halogens is 4. The van der Waals surface area contributed by atoms with Crippen LogP contribution in [0.2, 0.25) is 0 Å². The minimum Gasteiger partial charge on any atom is -1.00 e. The van der Waals surface area contributed by atoms with Crippen molar-refractivity contribution in [2.75, 3.05) is 0 Å². The number of hydrogen-bond donors (Lipinski definition) is 0. The van der Waals surface area contributed by atoms with Crippen LogP contribution in [0.3, 0.4) is 0 Å². The van der Waals surface area contributed by atoms with Crippen molar-refractivity contribution in [2.45, 2.75) is 38.9 Å². The summed E-state index contributed by atoms with van der Waals surface area (Å²) in [5.74, 6) is 0. The molecule has 5 heteroatoms. The van der Waals surface area contributed by atoms with Crippen LogP contribution in [-0.4, -0.2) is 0 Å². The number of rotatable bonds is 4. The molecule has 1 nitrogen and oxygen atoms in total.